The van der Waals surface area contributed by atoms with Gasteiger partial charge in [0.2, 0.25) is 0 Å². The van der Waals surface area contributed by atoms with Crippen LogP contribution in [0.5, 0.6) is 0 Å². The predicted octanol–water partition coefficient (Wildman–Crippen LogP) is 4.31. The molecule has 0 atom stereocenters. The number of aliphatic hydroxyl groups excluding tert-OH is 1. The zero-order valence-electron chi connectivity index (χ0n) is 8.26. The third-order valence-electron chi connectivity index (χ3n) is 1.38. The summed E-state index contributed by atoms with van der Waals surface area (Å²) in [7, 11) is 0. The largest absolute Gasteiger partial charge is 0.508 e. The second-order valence-corrected chi connectivity index (χ2v) is 3.38. The van der Waals surface area contributed by atoms with E-state index >= 15 is 0 Å². The normalized spacial score (nSPS) is 8.62. The van der Waals surface area contributed by atoms with E-state index in [1.807, 2.05) is 39.0 Å². The van der Waals surface area contributed by atoms with Gasteiger partial charge in [0.25, 0.3) is 0 Å². The zero-order chi connectivity index (χ0) is 10.4. The summed E-state index contributed by atoms with van der Waals surface area (Å²) >= 11 is 3.33. The summed E-state index contributed by atoms with van der Waals surface area (Å²) in [5.41, 5.74) is 1.86. The molecule has 1 N–H and O–H groups in total. The number of benzene rings is 1. The summed E-state index contributed by atoms with van der Waals surface area (Å²) in [6, 6.07) is 5.69. The minimum Gasteiger partial charge on any atom is -0.508 e. The van der Waals surface area contributed by atoms with Crippen molar-refractivity contribution < 1.29 is 5.11 Å². The molecular weight excluding hydrogens is 228 g/mol. The molecule has 1 aromatic carbocycles. The highest BCUT2D eigenvalue weighted by Gasteiger charge is 1.97. The highest BCUT2D eigenvalue weighted by molar-refractivity contribution is 9.10. The van der Waals surface area contributed by atoms with E-state index in [9.17, 15) is 0 Å². The summed E-state index contributed by atoms with van der Waals surface area (Å²) in [6.45, 7) is 9.41. The van der Waals surface area contributed by atoms with E-state index in [2.05, 4.69) is 22.5 Å². The maximum absolute atomic E-state index is 9.06. The van der Waals surface area contributed by atoms with Gasteiger partial charge in [-0.25, -0.2) is 0 Å². The number of hydrogen-bond donors (Lipinski definition) is 1. The lowest BCUT2D eigenvalue weighted by Crippen LogP contribution is -1.82. The smallest absolute Gasteiger partial charge is 0.115 e. The number of aryl methyl sites for hydroxylation is 1. The first-order chi connectivity index (χ1) is 6.09. The Hall–Kier alpha value is -0.760. The van der Waals surface area contributed by atoms with Crippen LogP contribution in [0.4, 0.5) is 0 Å². The third-order valence-corrected chi connectivity index (χ3v) is 1.83. The summed E-state index contributed by atoms with van der Waals surface area (Å²) in [5.74, 6) is 0.106. The molecule has 0 fully saturated rings. The van der Waals surface area contributed by atoms with Gasteiger partial charge in [-0.1, -0.05) is 36.4 Å². The van der Waals surface area contributed by atoms with E-state index in [0.717, 1.165) is 15.6 Å². The number of rotatable bonds is 1. The molecule has 0 bridgehead atoms. The van der Waals surface area contributed by atoms with E-state index in [4.69, 9.17) is 5.11 Å². The fourth-order valence-corrected chi connectivity index (χ4v) is 1.51. The van der Waals surface area contributed by atoms with Crippen LogP contribution < -0.4 is 0 Å². The van der Waals surface area contributed by atoms with Crippen molar-refractivity contribution in [2.75, 3.05) is 0 Å². The lowest BCUT2D eigenvalue weighted by atomic mass is 10.1. The van der Waals surface area contributed by atoms with Crippen molar-refractivity contribution in [3.8, 4) is 0 Å². The molecule has 0 saturated carbocycles. The topological polar surface area (TPSA) is 20.2 Å². The van der Waals surface area contributed by atoms with Gasteiger partial charge < -0.3 is 5.11 Å². The van der Waals surface area contributed by atoms with Crippen LogP contribution in [0.25, 0.3) is 5.76 Å². The Balaban J connectivity index is 0.000000671. The fourth-order valence-electron chi connectivity index (χ4n) is 0.903. The van der Waals surface area contributed by atoms with E-state index in [-0.39, 0.29) is 5.76 Å². The third kappa shape index (κ3) is 4.13. The lowest BCUT2D eigenvalue weighted by Gasteiger charge is -2.00. The molecule has 0 saturated heterocycles. The van der Waals surface area contributed by atoms with Crippen LogP contribution in [0.1, 0.15) is 25.0 Å². The first-order valence-electron chi connectivity index (χ1n) is 4.25. The number of halogens is 1. The molecule has 0 aliphatic rings. The summed E-state index contributed by atoms with van der Waals surface area (Å²) < 4.78 is 0.961. The van der Waals surface area contributed by atoms with Gasteiger partial charge in [0.1, 0.15) is 5.76 Å². The van der Waals surface area contributed by atoms with Gasteiger partial charge in [0.05, 0.1) is 0 Å². The lowest BCUT2D eigenvalue weighted by molar-refractivity contribution is 0.513. The molecule has 0 aliphatic carbocycles. The van der Waals surface area contributed by atoms with Gasteiger partial charge >= 0.3 is 0 Å². The highest BCUT2D eigenvalue weighted by Crippen LogP contribution is 2.18. The van der Waals surface area contributed by atoms with E-state index in [0.29, 0.717) is 0 Å². The van der Waals surface area contributed by atoms with Gasteiger partial charge in [0.15, 0.2) is 0 Å². The maximum atomic E-state index is 9.06. The number of aliphatic hydroxyl groups is 1. The van der Waals surface area contributed by atoms with Crippen molar-refractivity contribution in [1.82, 2.24) is 0 Å². The van der Waals surface area contributed by atoms with Crippen LogP contribution >= 0.6 is 15.9 Å². The molecule has 1 rings (SSSR count). The minimum absolute atomic E-state index is 0.106. The molecule has 2 heteroatoms. The average Bonchev–Trinajstić information content (AvgIpc) is 2.06. The molecule has 0 unspecified atom stereocenters. The first-order valence-corrected chi connectivity index (χ1v) is 5.04. The van der Waals surface area contributed by atoms with Crippen molar-refractivity contribution in [2.45, 2.75) is 20.8 Å². The molecule has 0 spiro atoms. The summed E-state index contributed by atoms with van der Waals surface area (Å²) in [4.78, 5) is 0. The van der Waals surface area contributed by atoms with Crippen LogP contribution in [-0.2, 0) is 0 Å². The van der Waals surface area contributed by atoms with Crippen molar-refractivity contribution in [3.63, 3.8) is 0 Å². The number of hydrogen-bond acceptors (Lipinski definition) is 1. The summed E-state index contributed by atoms with van der Waals surface area (Å²) in [5, 5.41) is 9.06. The Labute approximate surface area is 88.2 Å². The molecule has 0 amide bonds. The van der Waals surface area contributed by atoms with Crippen molar-refractivity contribution >= 4 is 21.7 Å². The Morgan fingerprint density at radius 3 is 2.23 bits per heavy atom. The second-order valence-electron chi connectivity index (χ2n) is 2.46. The van der Waals surface area contributed by atoms with Crippen LogP contribution in [0.3, 0.4) is 0 Å². The van der Waals surface area contributed by atoms with Gasteiger partial charge in [-0.3, -0.25) is 0 Å². The van der Waals surface area contributed by atoms with E-state index in [1.165, 1.54) is 0 Å². The molecule has 1 aromatic rings. The molecule has 0 heterocycles. The predicted molar refractivity (Wildman–Crippen MR) is 61.9 cm³/mol. The van der Waals surface area contributed by atoms with Crippen LogP contribution in [0, 0.1) is 6.92 Å². The summed E-state index contributed by atoms with van der Waals surface area (Å²) in [6.07, 6.45) is 0. The first kappa shape index (κ1) is 12.2. The minimum atomic E-state index is 0.106. The van der Waals surface area contributed by atoms with Crippen LogP contribution in [0.2, 0.25) is 0 Å². The van der Waals surface area contributed by atoms with Gasteiger partial charge in [0, 0.05) is 10.0 Å². The van der Waals surface area contributed by atoms with Crippen molar-refractivity contribution in [2.24, 2.45) is 0 Å². The highest BCUT2D eigenvalue weighted by atomic mass is 79.9. The molecule has 0 aliphatic heterocycles. The quantitative estimate of drug-likeness (QED) is 0.728. The SMILES string of the molecule is C=C(O)c1cc(C)cc(Br)c1.CC. The van der Waals surface area contributed by atoms with Crippen LogP contribution in [-0.4, -0.2) is 5.11 Å². The van der Waals surface area contributed by atoms with Gasteiger partial charge in [-0.2, -0.15) is 0 Å². The Bertz CT molecular complexity index is 272. The van der Waals surface area contributed by atoms with E-state index < -0.39 is 0 Å². The molecule has 1 nitrogen and oxygen atoms in total. The maximum Gasteiger partial charge on any atom is 0.115 e. The molecule has 13 heavy (non-hydrogen) atoms. The van der Waals surface area contributed by atoms with E-state index in [1.54, 1.807) is 0 Å². The van der Waals surface area contributed by atoms with Crippen molar-refractivity contribution in [3.05, 3.63) is 40.4 Å². The van der Waals surface area contributed by atoms with Gasteiger partial charge in [-0.15, -0.1) is 0 Å². The van der Waals surface area contributed by atoms with Crippen LogP contribution in [0.15, 0.2) is 29.3 Å². The molecule has 0 aromatic heterocycles. The average molecular weight is 243 g/mol. The van der Waals surface area contributed by atoms with Gasteiger partial charge in [-0.05, 0) is 30.7 Å². The standard InChI is InChI=1S/C9H9BrO.C2H6/c1-6-3-8(7(2)11)5-9(10)4-6;1-2/h3-5,11H,2H2,1H3;1-2H3. The second kappa shape index (κ2) is 5.81. The molecule has 72 valence electrons. The zero-order valence-corrected chi connectivity index (χ0v) is 9.85. The Kier molecular flexibility index (Phi) is 5.47. The monoisotopic (exact) mass is 242 g/mol. The molecular formula is C11H15BrO. The Morgan fingerprint density at radius 2 is 1.85 bits per heavy atom. The Morgan fingerprint density at radius 1 is 1.31 bits per heavy atom. The fraction of sp³-hybridized carbons (Fsp3) is 0.273. The molecule has 0 radical (unpaired) electrons. The van der Waals surface area contributed by atoms with Crippen molar-refractivity contribution in [1.29, 1.82) is 0 Å².